The summed E-state index contributed by atoms with van der Waals surface area (Å²) in [5, 5.41) is 22.5. The van der Waals surface area contributed by atoms with Crippen LogP contribution in [0, 0.1) is 13.8 Å². The summed E-state index contributed by atoms with van der Waals surface area (Å²) < 4.78 is 17.0. The van der Waals surface area contributed by atoms with E-state index in [-0.39, 0.29) is 24.1 Å². The number of hydrogen-bond acceptors (Lipinski definition) is 4. The van der Waals surface area contributed by atoms with E-state index in [1.807, 2.05) is 6.07 Å². The van der Waals surface area contributed by atoms with Gasteiger partial charge < -0.3 is 28.8 Å². The first-order valence-electron chi connectivity index (χ1n) is 9.76. The van der Waals surface area contributed by atoms with Gasteiger partial charge in [0, 0.05) is 24.2 Å². The van der Waals surface area contributed by atoms with E-state index < -0.39 is 23.9 Å². The van der Waals surface area contributed by atoms with Crippen molar-refractivity contribution in [3.63, 3.8) is 0 Å². The van der Waals surface area contributed by atoms with Gasteiger partial charge in [0.05, 0.1) is 29.8 Å². The molecule has 2 aromatic rings. The maximum absolute atomic E-state index is 11.5. The minimum absolute atomic E-state index is 0.0104. The Morgan fingerprint density at radius 2 is 1.74 bits per heavy atom. The Balaban J connectivity index is 1.86. The van der Waals surface area contributed by atoms with Gasteiger partial charge in [0.15, 0.2) is 0 Å². The fourth-order valence-corrected chi connectivity index (χ4v) is 6.16. The molecule has 0 aliphatic carbocycles. The van der Waals surface area contributed by atoms with Gasteiger partial charge in [-0.05, 0) is 52.0 Å². The Bertz CT molecular complexity index is 900. The zero-order valence-electron chi connectivity index (χ0n) is 16.5. The number of nitrogens with zero attached hydrogens (tertiary/aromatic N) is 2. The third kappa shape index (κ3) is 1.85. The van der Waals surface area contributed by atoms with Crippen LogP contribution in [-0.2, 0) is 9.47 Å². The second kappa shape index (κ2) is 5.47. The smallest absolute Gasteiger partial charge is 0.133 e. The third-order valence-corrected chi connectivity index (χ3v) is 7.26. The Hall–Kier alpha value is -1.60. The third-order valence-electron chi connectivity index (χ3n) is 7.26. The van der Waals surface area contributed by atoms with E-state index in [4.69, 9.17) is 9.47 Å². The van der Waals surface area contributed by atoms with Crippen LogP contribution in [0.4, 0.5) is 0 Å². The molecule has 146 valence electrons. The second-order valence-electron chi connectivity index (χ2n) is 8.46. The minimum atomic E-state index is -1.12. The zero-order valence-corrected chi connectivity index (χ0v) is 16.5. The molecule has 5 heterocycles. The highest BCUT2D eigenvalue weighted by atomic mass is 16.6. The van der Waals surface area contributed by atoms with Gasteiger partial charge in [0.1, 0.15) is 23.9 Å². The molecule has 0 amide bonds. The van der Waals surface area contributed by atoms with E-state index in [1.165, 1.54) is 5.69 Å². The van der Waals surface area contributed by atoms with E-state index in [0.717, 1.165) is 17.1 Å². The molecular formula is C21H28N2O4. The van der Waals surface area contributed by atoms with Crippen molar-refractivity contribution in [3.05, 3.63) is 47.0 Å². The highest BCUT2D eigenvalue weighted by Gasteiger charge is 2.69. The van der Waals surface area contributed by atoms with Gasteiger partial charge in [0.2, 0.25) is 0 Å². The molecule has 4 bridgehead atoms. The Morgan fingerprint density at radius 3 is 2.37 bits per heavy atom. The van der Waals surface area contributed by atoms with Gasteiger partial charge in [-0.2, -0.15) is 0 Å². The van der Waals surface area contributed by atoms with Crippen molar-refractivity contribution in [2.24, 2.45) is 0 Å². The number of aliphatic hydroxyl groups is 2. The quantitative estimate of drug-likeness (QED) is 0.849. The molecule has 5 rings (SSSR count). The molecule has 0 spiro atoms. The molecule has 1 unspecified atom stereocenters. The first-order valence-corrected chi connectivity index (χ1v) is 9.76. The van der Waals surface area contributed by atoms with Gasteiger partial charge in [-0.3, -0.25) is 0 Å². The predicted molar refractivity (Wildman–Crippen MR) is 99.9 cm³/mol. The summed E-state index contributed by atoms with van der Waals surface area (Å²) in [6.45, 7) is 8.08. The van der Waals surface area contributed by atoms with Crippen molar-refractivity contribution in [1.29, 1.82) is 0 Å². The first-order chi connectivity index (χ1) is 12.8. The summed E-state index contributed by atoms with van der Waals surface area (Å²) in [7, 11) is 1.61. The van der Waals surface area contributed by atoms with Gasteiger partial charge >= 0.3 is 0 Å². The number of ether oxygens (including phenoxy) is 2. The number of rotatable bonds is 2. The molecule has 2 aromatic heterocycles. The van der Waals surface area contributed by atoms with Gasteiger partial charge in [-0.1, -0.05) is 0 Å². The van der Waals surface area contributed by atoms with E-state index in [0.29, 0.717) is 0 Å². The fraction of sp³-hybridized carbons (Fsp3) is 0.619. The summed E-state index contributed by atoms with van der Waals surface area (Å²) >= 11 is 0. The molecule has 27 heavy (non-hydrogen) atoms. The Morgan fingerprint density at radius 1 is 1.11 bits per heavy atom. The molecule has 8 atom stereocenters. The lowest BCUT2D eigenvalue weighted by molar-refractivity contribution is -0.208. The maximum atomic E-state index is 11.5. The minimum Gasteiger partial charge on any atom is -0.390 e. The molecule has 0 saturated carbocycles. The van der Waals surface area contributed by atoms with Crippen LogP contribution in [0.3, 0.4) is 0 Å². The van der Waals surface area contributed by atoms with Crippen LogP contribution in [0.15, 0.2) is 24.3 Å². The first kappa shape index (κ1) is 17.5. The lowest BCUT2D eigenvalue weighted by Crippen LogP contribution is -2.56. The van der Waals surface area contributed by atoms with E-state index in [1.54, 1.807) is 14.0 Å². The number of aliphatic hydroxyl groups excluding tert-OH is 2. The van der Waals surface area contributed by atoms with Gasteiger partial charge in [-0.25, -0.2) is 0 Å². The molecule has 1 fully saturated rings. The summed E-state index contributed by atoms with van der Waals surface area (Å²) in [5.74, 6) is -0.160. The van der Waals surface area contributed by atoms with E-state index in [2.05, 4.69) is 48.1 Å². The largest absolute Gasteiger partial charge is 0.390 e. The van der Waals surface area contributed by atoms with E-state index in [9.17, 15) is 10.2 Å². The normalized spacial score (nSPS) is 40.4. The topological polar surface area (TPSA) is 68.8 Å². The van der Waals surface area contributed by atoms with Crippen molar-refractivity contribution in [2.75, 3.05) is 7.11 Å². The van der Waals surface area contributed by atoms with Crippen LogP contribution in [0.1, 0.15) is 60.7 Å². The molecule has 1 saturated heterocycles. The lowest BCUT2D eigenvalue weighted by atomic mass is 9.72. The average Bonchev–Trinajstić information content (AvgIpc) is 3.24. The molecule has 3 aliphatic rings. The number of aromatic nitrogens is 2. The number of hydrogen-bond donors (Lipinski definition) is 2. The van der Waals surface area contributed by atoms with Gasteiger partial charge in [-0.15, -0.1) is 0 Å². The van der Waals surface area contributed by atoms with Gasteiger partial charge in [0.25, 0.3) is 0 Å². The highest BCUT2D eigenvalue weighted by molar-refractivity contribution is 5.38. The van der Waals surface area contributed by atoms with Crippen molar-refractivity contribution in [2.45, 2.75) is 75.7 Å². The predicted octanol–water partition coefficient (Wildman–Crippen LogP) is 2.39. The lowest BCUT2D eigenvalue weighted by Gasteiger charge is -2.42. The SMILES string of the molecule is CO[C@@H]1c2ccc(C)n2[C@@H]2C3c4ccc(C)n4[C@@H](C)[C@@H]2O[C@@]3([C@H](C)O)[C@H]1O. The maximum Gasteiger partial charge on any atom is 0.133 e. The Kier molecular flexibility index (Phi) is 3.55. The monoisotopic (exact) mass is 372 g/mol. The molecule has 6 nitrogen and oxygen atoms in total. The van der Waals surface area contributed by atoms with Crippen LogP contribution in [0.2, 0.25) is 0 Å². The highest BCUT2D eigenvalue weighted by Crippen LogP contribution is 2.62. The second-order valence-corrected chi connectivity index (χ2v) is 8.46. The van der Waals surface area contributed by atoms with Crippen LogP contribution in [0.25, 0.3) is 0 Å². The standard InChI is InChI=1S/C21H28N2O4/c1-10-6-8-14-16-17-18(12(3)22(10)14)27-21(16,13(4)24)20(25)19(26-5)15-9-7-11(2)23(15)17/h6-9,12-13,16-20,24-25H,1-5H3/t12-,13-,16?,17+,18-,19+,20-,21+/m0/s1. The van der Waals surface area contributed by atoms with Crippen molar-refractivity contribution < 1.29 is 19.7 Å². The number of methoxy groups -OCH3 is 1. The molecule has 6 heteroatoms. The number of fused-ring (bicyclic) bond motifs is 2. The van der Waals surface area contributed by atoms with Crippen LogP contribution in [0.5, 0.6) is 0 Å². The Labute approximate surface area is 159 Å². The number of aryl methyl sites for hydroxylation is 2. The summed E-state index contributed by atoms with van der Waals surface area (Å²) in [4.78, 5) is 0. The molecule has 0 aromatic carbocycles. The summed E-state index contributed by atoms with van der Waals surface area (Å²) in [6, 6.07) is 8.48. The van der Waals surface area contributed by atoms with Crippen molar-refractivity contribution in [1.82, 2.24) is 9.13 Å². The van der Waals surface area contributed by atoms with Crippen LogP contribution < -0.4 is 0 Å². The van der Waals surface area contributed by atoms with Crippen LogP contribution >= 0.6 is 0 Å². The molecule has 2 N–H and O–H groups in total. The van der Waals surface area contributed by atoms with Crippen molar-refractivity contribution >= 4 is 0 Å². The average molecular weight is 372 g/mol. The summed E-state index contributed by atoms with van der Waals surface area (Å²) in [6.07, 6.45) is -2.52. The summed E-state index contributed by atoms with van der Waals surface area (Å²) in [5.41, 5.74) is 3.26. The van der Waals surface area contributed by atoms with Crippen LogP contribution in [-0.4, -0.2) is 50.4 Å². The fourth-order valence-electron chi connectivity index (χ4n) is 6.16. The molecule has 0 radical (unpaired) electrons. The van der Waals surface area contributed by atoms with Crippen molar-refractivity contribution in [3.8, 4) is 0 Å². The zero-order chi connectivity index (χ0) is 19.2. The molecule has 3 aliphatic heterocycles. The van der Waals surface area contributed by atoms with E-state index >= 15 is 0 Å². The molecular weight excluding hydrogens is 344 g/mol.